The van der Waals surface area contributed by atoms with E-state index in [1.54, 1.807) is 35.3 Å². The number of nitrogens with zero attached hydrogens (tertiary/aromatic N) is 5. The number of allylic oxidation sites excluding steroid dienone is 1. The third-order valence-corrected chi connectivity index (χ3v) is 6.06. The molecule has 4 heterocycles. The van der Waals surface area contributed by atoms with Crippen LogP contribution in [0.15, 0.2) is 53.8 Å². The first kappa shape index (κ1) is 20.3. The Morgan fingerprint density at radius 1 is 1.28 bits per heavy atom. The van der Waals surface area contributed by atoms with Gasteiger partial charge in [-0.3, -0.25) is 9.79 Å². The second-order valence-electron chi connectivity index (χ2n) is 8.35. The highest BCUT2D eigenvalue weighted by Gasteiger charge is 2.33. The van der Waals surface area contributed by atoms with Gasteiger partial charge in [-0.1, -0.05) is 6.08 Å². The van der Waals surface area contributed by atoms with Crippen molar-refractivity contribution in [2.24, 2.45) is 10.4 Å². The summed E-state index contributed by atoms with van der Waals surface area (Å²) in [5, 5.41) is 7.19. The van der Waals surface area contributed by atoms with Gasteiger partial charge in [0.15, 0.2) is 5.65 Å². The summed E-state index contributed by atoms with van der Waals surface area (Å²) >= 11 is 0. The van der Waals surface area contributed by atoms with Crippen LogP contribution in [0.4, 0.5) is 20.3 Å². The molecule has 1 aromatic carbocycles. The first-order chi connectivity index (χ1) is 15.4. The summed E-state index contributed by atoms with van der Waals surface area (Å²) in [4.78, 5) is 23.8. The van der Waals surface area contributed by atoms with Crippen LogP contribution >= 0.6 is 0 Å². The molecule has 5 rings (SSSR count). The molecule has 2 aliphatic heterocycles. The zero-order valence-electron chi connectivity index (χ0n) is 17.5. The SMILES string of the molecule is C[C@@]1(C(=O)Nc2cnn3ccc(N4CCCC4c4cc(F)ccc4F)nc23)C=CC=NC1. The van der Waals surface area contributed by atoms with Crippen molar-refractivity contribution in [3.8, 4) is 0 Å². The van der Waals surface area contributed by atoms with E-state index < -0.39 is 17.0 Å². The largest absolute Gasteiger partial charge is 0.349 e. The molecule has 0 radical (unpaired) electrons. The quantitative estimate of drug-likeness (QED) is 0.673. The Bertz CT molecular complexity index is 1250. The lowest BCUT2D eigenvalue weighted by Gasteiger charge is -2.26. The van der Waals surface area contributed by atoms with Gasteiger partial charge in [0.05, 0.1) is 24.2 Å². The number of carbonyl (C=O) groups excluding carboxylic acids is 1. The molecule has 1 unspecified atom stereocenters. The normalized spacial score (nSPS) is 22.6. The van der Waals surface area contributed by atoms with Gasteiger partial charge < -0.3 is 10.2 Å². The summed E-state index contributed by atoms with van der Waals surface area (Å²) in [7, 11) is 0. The van der Waals surface area contributed by atoms with E-state index in [4.69, 9.17) is 4.98 Å². The number of halogens is 2. The van der Waals surface area contributed by atoms with Gasteiger partial charge in [-0.25, -0.2) is 18.3 Å². The zero-order chi connectivity index (χ0) is 22.3. The summed E-state index contributed by atoms with van der Waals surface area (Å²) in [6, 6.07) is 5.01. The van der Waals surface area contributed by atoms with Gasteiger partial charge >= 0.3 is 0 Å². The predicted molar refractivity (Wildman–Crippen MR) is 118 cm³/mol. The van der Waals surface area contributed by atoms with Crippen molar-refractivity contribution in [2.45, 2.75) is 25.8 Å². The molecule has 0 saturated carbocycles. The summed E-state index contributed by atoms with van der Waals surface area (Å²) in [6.07, 6.45) is 10.1. The number of benzene rings is 1. The number of carbonyl (C=O) groups is 1. The average Bonchev–Trinajstić information content (AvgIpc) is 3.43. The first-order valence-electron chi connectivity index (χ1n) is 10.5. The van der Waals surface area contributed by atoms with E-state index in [1.807, 2.05) is 17.9 Å². The molecule has 1 N–H and O–H groups in total. The van der Waals surface area contributed by atoms with Crippen LogP contribution in [0.1, 0.15) is 31.4 Å². The van der Waals surface area contributed by atoms with Crippen molar-refractivity contribution in [1.29, 1.82) is 0 Å². The standard InChI is InChI=1S/C23H22F2N6O/c1-23(8-3-9-26-14-23)22(32)28-18-13-27-31-11-7-20(29-21(18)31)30-10-2-4-19(30)16-12-15(24)5-6-17(16)25/h3,5-9,11-13,19H,2,4,10,14H2,1H3,(H,28,32)/t19?,23-/m1/s1. The van der Waals surface area contributed by atoms with Crippen molar-refractivity contribution in [3.05, 3.63) is 66.0 Å². The summed E-state index contributed by atoms with van der Waals surface area (Å²) < 4.78 is 29.8. The molecule has 2 aliphatic rings. The number of hydrogen-bond acceptors (Lipinski definition) is 5. The number of rotatable bonds is 4. The highest BCUT2D eigenvalue weighted by Crippen LogP contribution is 2.37. The predicted octanol–water partition coefficient (Wildman–Crippen LogP) is 3.93. The maximum atomic E-state index is 14.4. The lowest BCUT2D eigenvalue weighted by Crippen LogP contribution is -2.35. The number of dihydropyridines is 1. The average molecular weight is 436 g/mol. The molecular formula is C23H22F2N6O. The Morgan fingerprint density at radius 2 is 2.16 bits per heavy atom. The van der Waals surface area contributed by atoms with Crippen molar-refractivity contribution in [1.82, 2.24) is 14.6 Å². The van der Waals surface area contributed by atoms with Gasteiger partial charge in [0.2, 0.25) is 5.91 Å². The third kappa shape index (κ3) is 3.53. The monoisotopic (exact) mass is 436 g/mol. The number of aromatic nitrogens is 3. The number of fused-ring (bicyclic) bond motifs is 1. The van der Waals surface area contributed by atoms with Crippen molar-refractivity contribution in [2.75, 3.05) is 23.3 Å². The number of nitrogens with one attached hydrogen (secondary N) is 1. The molecule has 3 aromatic rings. The fraction of sp³-hybridized carbons (Fsp3) is 0.304. The minimum Gasteiger partial charge on any atom is -0.349 e. The van der Waals surface area contributed by atoms with Gasteiger partial charge in [-0.2, -0.15) is 5.10 Å². The fourth-order valence-electron chi connectivity index (χ4n) is 4.27. The van der Waals surface area contributed by atoms with Gasteiger partial charge in [0.1, 0.15) is 23.1 Å². The highest BCUT2D eigenvalue weighted by molar-refractivity contribution is 6.00. The van der Waals surface area contributed by atoms with Crippen LogP contribution in [0.3, 0.4) is 0 Å². The first-order valence-corrected chi connectivity index (χ1v) is 10.5. The van der Waals surface area contributed by atoms with Crippen LogP contribution < -0.4 is 10.2 Å². The Morgan fingerprint density at radius 3 is 2.97 bits per heavy atom. The van der Waals surface area contributed by atoms with Gasteiger partial charge in [-0.15, -0.1) is 0 Å². The van der Waals surface area contributed by atoms with Crippen LogP contribution in [0.2, 0.25) is 0 Å². The number of anilines is 2. The molecule has 0 aliphatic carbocycles. The van der Waals surface area contributed by atoms with Crippen molar-refractivity contribution >= 4 is 29.3 Å². The molecule has 1 amide bonds. The maximum Gasteiger partial charge on any atom is 0.236 e. The highest BCUT2D eigenvalue weighted by atomic mass is 19.1. The zero-order valence-corrected chi connectivity index (χ0v) is 17.5. The Hall–Kier alpha value is -3.62. The number of amides is 1. The van der Waals surface area contributed by atoms with Crippen molar-refractivity contribution < 1.29 is 13.6 Å². The fourth-order valence-corrected chi connectivity index (χ4v) is 4.27. The Kier molecular flexibility index (Phi) is 4.96. The van der Waals surface area contributed by atoms with Crippen LogP contribution in [-0.4, -0.2) is 39.8 Å². The maximum absolute atomic E-state index is 14.4. The van der Waals surface area contributed by atoms with Crippen molar-refractivity contribution in [3.63, 3.8) is 0 Å². The molecule has 2 aromatic heterocycles. The topological polar surface area (TPSA) is 74.9 Å². The lowest BCUT2D eigenvalue weighted by molar-refractivity contribution is -0.122. The molecule has 9 heteroatoms. The molecule has 0 bridgehead atoms. The lowest BCUT2D eigenvalue weighted by atomic mass is 9.88. The summed E-state index contributed by atoms with van der Waals surface area (Å²) in [5.74, 6) is -0.480. The van der Waals surface area contributed by atoms with E-state index in [9.17, 15) is 13.6 Å². The molecular weight excluding hydrogens is 414 g/mol. The van der Waals surface area contributed by atoms with Crippen LogP contribution in [0, 0.1) is 17.0 Å². The van der Waals surface area contributed by atoms with Gasteiger partial charge in [0, 0.05) is 24.5 Å². The van der Waals surface area contributed by atoms with E-state index in [1.165, 1.54) is 6.07 Å². The Labute approximate surface area is 183 Å². The third-order valence-electron chi connectivity index (χ3n) is 6.06. The summed E-state index contributed by atoms with van der Waals surface area (Å²) in [6.45, 7) is 2.85. The number of hydrogen-bond donors (Lipinski definition) is 1. The van der Waals surface area contributed by atoms with E-state index >= 15 is 0 Å². The van der Waals surface area contributed by atoms with E-state index in [2.05, 4.69) is 15.4 Å². The van der Waals surface area contributed by atoms with E-state index in [0.717, 1.165) is 18.6 Å². The molecule has 1 fully saturated rings. The van der Waals surface area contributed by atoms with Crippen LogP contribution in [-0.2, 0) is 4.79 Å². The summed E-state index contributed by atoms with van der Waals surface area (Å²) in [5.41, 5.74) is 0.529. The molecule has 0 spiro atoms. The second kappa shape index (κ2) is 7.81. The second-order valence-corrected chi connectivity index (χ2v) is 8.35. The minimum absolute atomic E-state index is 0.200. The molecule has 32 heavy (non-hydrogen) atoms. The number of aliphatic imine (C=N–C) groups is 1. The Balaban J connectivity index is 1.46. The molecule has 7 nitrogen and oxygen atoms in total. The van der Waals surface area contributed by atoms with Gasteiger partial charge in [0.25, 0.3) is 0 Å². The smallest absolute Gasteiger partial charge is 0.236 e. The minimum atomic E-state index is -0.754. The van der Waals surface area contributed by atoms with E-state index in [0.29, 0.717) is 42.2 Å². The van der Waals surface area contributed by atoms with Gasteiger partial charge in [-0.05, 0) is 50.1 Å². The van der Waals surface area contributed by atoms with E-state index in [-0.39, 0.29) is 11.9 Å². The van der Waals surface area contributed by atoms with Crippen LogP contribution in [0.25, 0.3) is 5.65 Å². The molecule has 164 valence electrons. The van der Waals surface area contributed by atoms with Crippen LogP contribution in [0.5, 0.6) is 0 Å². The molecule has 1 saturated heterocycles. The molecule has 2 atom stereocenters.